The van der Waals surface area contributed by atoms with Gasteiger partial charge in [-0.05, 0) is 50.8 Å². The van der Waals surface area contributed by atoms with E-state index in [0.717, 1.165) is 29.2 Å². The van der Waals surface area contributed by atoms with Crippen LogP contribution in [0.25, 0.3) is 0 Å². The van der Waals surface area contributed by atoms with Crippen LogP contribution in [0, 0.1) is 0 Å². The summed E-state index contributed by atoms with van der Waals surface area (Å²) in [6.07, 6.45) is 2.02. The first-order valence-corrected chi connectivity index (χ1v) is 7.30. The third-order valence-corrected chi connectivity index (χ3v) is 3.36. The van der Waals surface area contributed by atoms with Crippen LogP contribution in [0.15, 0.2) is 12.1 Å². The molecule has 1 unspecified atom stereocenters. The summed E-state index contributed by atoms with van der Waals surface area (Å²) in [5.41, 5.74) is 6.66. The lowest BCUT2D eigenvalue weighted by molar-refractivity contribution is 0.287. The zero-order valence-corrected chi connectivity index (χ0v) is 12.8. The molecule has 0 saturated heterocycles. The third-order valence-electron chi connectivity index (χ3n) is 3.03. The van der Waals surface area contributed by atoms with Crippen molar-refractivity contribution in [2.24, 2.45) is 5.73 Å². The summed E-state index contributed by atoms with van der Waals surface area (Å²) < 4.78 is 11.2. The van der Waals surface area contributed by atoms with E-state index < -0.39 is 0 Å². The van der Waals surface area contributed by atoms with E-state index in [1.54, 1.807) is 0 Å². The molecule has 0 heterocycles. The molecule has 4 heteroatoms. The molecule has 0 bridgehead atoms. The Labute approximate surface area is 121 Å². The minimum absolute atomic E-state index is 0.367. The van der Waals surface area contributed by atoms with Crippen LogP contribution >= 0.6 is 11.6 Å². The second-order valence-corrected chi connectivity index (χ2v) is 4.93. The molecular weight excluding hydrogens is 262 g/mol. The zero-order chi connectivity index (χ0) is 14.3. The van der Waals surface area contributed by atoms with E-state index in [0.29, 0.717) is 31.4 Å². The van der Waals surface area contributed by atoms with Gasteiger partial charge in [0, 0.05) is 11.1 Å². The largest absolute Gasteiger partial charge is 0.490 e. The van der Waals surface area contributed by atoms with E-state index in [4.69, 9.17) is 26.8 Å². The first-order valence-electron chi connectivity index (χ1n) is 6.93. The SMILES string of the molecule is CCOc1cc(Cl)c(C(C)CCCN)cc1OCC. The molecule has 108 valence electrons. The summed E-state index contributed by atoms with van der Waals surface area (Å²) in [4.78, 5) is 0. The number of hydrogen-bond acceptors (Lipinski definition) is 3. The molecule has 1 rings (SSSR count). The number of nitrogens with two attached hydrogens (primary N) is 1. The van der Waals surface area contributed by atoms with Gasteiger partial charge in [-0.2, -0.15) is 0 Å². The maximum atomic E-state index is 6.34. The predicted octanol–water partition coefficient (Wildman–Crippen LogP) is 3.98. The molecule has 1 atom stereocenters. The monoisotopic (exact) mass is 285 g/mol. The normalized spacial score (nSPS) is 12.3. The van der Waals surface area contributed by atoms with Gasteiger partial charge in [-0.3, -0.25) is 0 Å². The molecule has 0 amide bonds. The van der Waals surface area contributed by atoms with Crippen LogP contribution in [0.5, 0.6) is 11.5 Å². The van der Waals surface area contributed by atoms with E-state index >= 15 is 0 Å². The molecule has 1 aromatic rings. The van der Waals surface area contributed by atoms with Crippen molar-refractivity contribution in [3.05, 3.63) is 22.7 Å². The van der Waals surface area contributed by atoms with Gasteiger partial charge in [0.05, 0.1) is 13.2 Å². The Bertz CT molecular complexity index is 396. The number of hydrogen-bond donors (Lipinski definition) is 1. The summed E-state index contributed by atoms with van der Waals surface area (Å²) in [5, 5.41) is 0.733. The Morgan fingerprint density at radius 1 is 1.16 bits per heavy atom. The van der Waals surface area contributed by atoms with Gasteiger partial charge in [0.1, 0.15) is 0 Å². The van der Waals surface area contributed by atoms with Gasteiger partial charge in [0.15, 0.2) is 11.5 Å². The van der Waals surface area contributed by atoms with Crippen molar-refractivity contribution < 1.29 is 9.47 Å². The fraction of sp³-hybridized carbons (Fsp3) is 0.600. The van der Waals surface area contributed by atoms with Crippen molar-refractivity contribution in [1.29, 1.82) is 0 Å². The first kappa shape index (κ1) is 16.1. The molecule has 0 radical (unpaired) electrons. The van der Waals surface area contributed by atoms with Crippen molar-refractivity contribution in [3.63, 3.8) is 0 Å². The number of ether oxygens (including phenoxy) is 2. The zero-order valence-electron chi connectivity index (χ0n) is 12.0. The van der Waals surface area contributed by atoms with Crippen LogP contribution in [-0.2, 0) is 0 Å². The molecule has 0 aromatic heterocycles. The molecule has 1 aromatic carbocycles. The molecule has 0 fully saturated rings. The Morgan fingerprint density at radius 2 is 1.74 bits per heavy atom. The van der Waals surface area contributed by atoms with Crippen LogP contribution in [0.2, 0.25) is 5.02 Å². The standard InChI is InChI=1S/C15H24ClNO2/c1-4-18-14-9-12(11(3)7-6-8-17)13(16)10-15(14)19-5-2/h9-11H,4-8,17H2,1-3H3. The highest BCUT2D eigenvalue weighted by Crippen LogP contribution is 2.38. The summed E-state index contributed by atoms with van der Waals surface area (Å²) in [6, 6.07) is 3.85. The third kappa shape index (κ3) is 4.59. The van der Waals surface area contributed by atoms with Crippen LogP contribution in [-0.4, -0.2) is 19.8 Å². The van der Waals surface area contributed by atoms with Crippen molar-refractivity contribution in [2.45, 2.75) is 39.5 Å². The maximum Gasteiger partial charge on any atom is 0.162 e. The molecule has 0 aliphatic heterocycles. The quantitative estimate of drug-likeness (QED) is 0.786. The molecule has 3 nitrogen and oxygen atoms in total. The maximum absolute atomic E-state index is 6.34. The fourth-order valence-corrected chi connectivity index (χ4v) is 2.38. The lowest BCUT2D eigenvalue weighted by atomic mass is 9.95. The molecule has 0 saturated carbocycles. The van der Waals surface area contributed by atoms with Crippen LogP contribution in [0.3, 0.4) is 0 Å². The van der Waals surface area contributed by atoms with E-state index in [9.17, 15) is 0 Å². The fourth-order valence-electron chi connectivity index (χ4n) is 2.04. The van der Waals surface area contributed by atoms with Gasteiger partial charge < -0.3 is 15.2 Å². The summed E-state index contributed by atoms with van der Waals surface area (Å²) in [6.45, 7) is 7.98. The van der Waals surface area contributed by atoms with Crippen molar-refractivity contribution in [3.8, 4) is 11.5 Å². The van der Waals surface area contributed by atoms with E-state index in [-0.39, 0.29) is 0 Å². The smallest absolute Gasteiger partial charge is 0.162 e. The van der Waals surface area contributed by atoms with Gasteiger partial charge >= 0.3 is 0 Å². The minimum atomic E-state index is 0.367. The van der Waals surface area contributed by atoms with Crippen molar-refractivity contribution in [2.75, 3.05) is 19.8 Å². The highest BCUT2D eigenvalue weighted by molar-refractivity contribution is 6.31. The van der Waals surface area contributed by atoms with Gasteiger partial charge in [0.2, 0.25) is 0 Å². The van der Waals surface area contributed by atoms with Crippen LogP contribution < -0.4 is 15.2 Å². The Balaban J connectivity index is 3.01. The van der Waals surface area contributed by atoms with Gasteiger partial charge in [0.25, 0.3) is 0 Å². The highest BCUT2D eigenvalue weighted by Gasteiger charge is 2.15. The number of halogens is 1. The predicted molar refractivity (Wildman–Crippen MR) is 80.5 cm³/mol. The van der Waals surface area contributed by atoms with Crippen molar-refractivity contribution >= 4 is 11.6 Å². The van der Waals surface area contributed by atoms with Gasteiger partial charge in [-0.25, -0.2) is 0 Å². The average Bonchev–Trinajstić information content (AvgIpc) is 2.39. The van der Waals surface area contributed by atoms with Crippen LogP contribution in [0.4, 0.5) is 0 Å². The number of rotatable bonds is 8. The number of benzene rings is 1. The second kappa shape index (κ2) is 8.28. The first-order chi connectivity index (χ1) is 9.13. The molecule has 0 spiro atoms. The van der Waals surface area contributed by atoms with Crippen molar-refractivity contribution in [1.82, 2.24) is 0 Å². The molecule has 2 N–H and O–H groups in total. The lowest BCUT2D eigenvalue weighted by Crippen LogP contribution is -2.04. The molecular formula is C15H24ClNO2. The molecule has 0 aliphatic carbocycles. The highest BCUT2D eigenvalue weighted by atomic mass is 35.5. The Hall–Kier alpha value is -0.930. The average molecular weight is 286 g/mol. The Kier molecular flexibility index (Phi) is 7.03. The van der Waals surface area contributed by atoms with E-state index in [2.05, 4.69) is 6.92 Å². The lowest BCUT2D eigenvalue weighted by Gasteiger charge is -2.18. The van der Waals surface area contributed by atoms with E-state index in [1.807, 2.05) is 26.0 Å². The summed E-state index contributed by atoms with van der Waals surface area (Å²) in [7, 11) is 0. The van der Waals surface area contributed by atoms with Gasteiger partial charge in [-0.15, -0.1) is 0 Å². The topological polar surface area (TPSA) is 44.5 Å². The van der Waals surface area contributed by atoms with Gasteiger partial charge in [-0.1, -0.05) is 18.5 Å². The molecule has 0 aliphatic rings. The van der Waals surface area contributed by atoms with Crippen LogP contribution in [0.1, 0.15) is 45.1 Å². The molecule has 19 heavy (non-hydrogen) atoms. The Morgan fingerprint density at radius 3 is 2.26 bits per heavy atom. The second-order valence-electron chi connectivity index (χ2n) is 4.52. The summed E-state index contributed by atoms with van der Waals surface area (Å²) in [5.74, 6) is 1.85. The van der Waals surface area contributed by atoms with E-state index in [1.165, 1.54) is 0 Å². The summed E-state index contributed by atoms with van der Waals surface area (Å²) >= 11 is 6.34. The minimum Gasteiger partial charge on any atom is -0.490 e.